The lowest BCUT2D eigenvalue weighted by Gasteiger charge is -2.08. The van der Waals surface area contributed by atoms with Gasteiger partial charge < -0.3 is 0 Å². The van der Waals surface area contributed by atoms with Crippen LogP contribution in [0.3, 0.4) is 0 Å². The highest BCUT2D eigenvalue weighted by Gasteiger charge is 2.27. The van der Waals surface area contributed by atoms with Crippen molar-refractivity contribution in [2.24, 2.45) is 0 Å². The van der Waals surface area contributed by atoms with Crippen molar-refractivity contribution in [3.8, 4) is 0 Å². The van der Waals surface area contributed by atoms with E-state index < -0.39 is 56.8 Å². The topological polar surface area (TPSA) is 81.8 Å². The molecular formula is C16H13F6N5O2S. The quantitative estimate of drug-likeness (QED) is 0.352. The third-order valence-electron chi connectivity index (χ3n) is 4.13. The number of nitrogens with zero attached hydrogens (tertiary/aromatic N) is 4. The van der Waals surface area contributed by atoms with Gasteiger partial charge in [-0.15, -0.1) is 0 Å². The molecule has 0 saturated heterocycles. The van der Waals surface area contributed by atoms with Crippen molar-refractivity contribution in [1.29, 1.82) is 0 Å². The summed E-state index contributed by atoms with van der Waals surface area (Å²) in [6, 6.07) is 0.174. The molecule has 7 nitrogen and oxygen atoms in total. The van der Waals surface area contributed by atoms with E-state index in [9.17, 15) is 34.8 Å². The summed E-state index contributed by atoms with van der Waals surface area (Å²) in [6.07, 6.45) is 2.01. The molecular weight excluding hydrogens is 440 g/mol. The molecule has 3 aromatic rings. The normalized spacial score (nSPS) is 12.0. The maximum absolute atomic E-state index is 13.8. The molecule has 0 aliphatic carbocycles. The number of rotatable bonds is 6. The molecule has 2 heterocycles. The molecule has 1 aromatic carbocycles. The van der Waals surface area contributed by atoms with Gasteiger partial charge in [-0.3, -0.25) is 9.40 Å². The minimum absolute atomic E-state index is 0.165. The zero-order valence-corrected chi connectivity index (χ0v) is 16.1. The highest BCUT2D eigenvalue weighted by atomic mass is 32.2. The first-order valence-electron chi connectivity index (χ1n) is 8.13. The number of nitrogens with one attached hydrogen (secondary N) is 1. The Morgan fingerprint density at radius 1 is 1.10 bits per heavy atom. The lowest BCUT2D eigenvalue weighted by atomic mass is 10.2. The maximum atomic E-state index is 13.8. The number of halogens is 6. The first kappa shape index (κ1) is 21.7. The van der Waals surface area contributed by atoms with Gasteiger partial charge in [-0.25, -0.2) is 30.7 Å². The molecule has 2 aromatic heterocycles. The van der Waals surface area contributed by atoms with Crippen LogP contribution in [0, 0.1) is 37.1 Å². The van der Waals surface area contributed by atoms with Gasteiger partial charge in [0.15, 0.2) is 17.5 Å². The largest absolute Gasteiger partial charge is 0.333 e. The fourth-order valence-corrected chi connectivity index (χ4v) is 4.28. The Balaban J connectivity index is 1.87. The second-order valence-electron chi connectivity index (χ2n) is 6.20. The van der Waals surface area contributed by atoms with E-state index in [1.807, 2.05) is 0 Å². The Labute approximate surface area is 166 Å². The molecule has 0 aliphatic rings. The predicted octanol–water partition coefficient (Wildman–Crippen LogP) is 3.50. The SMILES string of the molecule is Cc1nn(C(F)F)c(C)c1S(=O)(=O)Nc1cnn(Cc2c(F)cc(F)c(F)c2F)c1. The van der Waals surface area contributed by atoms with Crippen LogP contribution in [0.4, 0.5) is 32.0 Å². The number of alkyl halides is 2. The second-order valence-corrected chi connectivity index (χ2v) is 7.82. The standard InChI is InChI=1S/C16H13F6N5O2S/c1-7-15(8(2)27(24-7)16(21)22)30(28,29)25-9-4-23-26(5-9)6-10-11(17)3-12(18)14(20)13(10)19/h3-5,16,25H,6H2,1-2H3. The lowest BCUT2D eigenvalue weighted by molar-refractivity contribution is 0.0538. The Kier molecular flexibility index (Phi) is 5.54. The first-order valence-corrected chi connectivity index (χ1v) is 9.61. The van der Waals surface area contributed by atoms with Crippen molar-refractivity contribution in [3.63, 3.8) is 0 Å². The number of hydrogen-bond acceptors (Lipinski definition) is 4. The molecule has 1 N–H and O–H groups in total. The number of sulfonamides is 1. The molecule has 162 valence electrons. The average molecular weight is 453 g/mol. The van der Waals surface area contributed by atoms with Crippen LogP contribution >= 0.6 is 0 Å². The van der Waals surface area contributed by atoms with Gasteiger partial charge >= 0.3 is 6.55 Å². The maximum Gasteiger partial charge on any atom is 0.333 e. The molecule has 0 unspecified atom stereocenters. The van der Waals surface area contributed by atoms with E-state index in [0.29, 0.717) is 0 Å². The minimum atomic E-state index is -4.35. The number of anilines is 1. The molecule has 0 radical (unpaired) electrons. The summed E-state index contributed by atoms with van der Waals surface area (Å²) in [7, 11) is -4.35. The summed E-state index contributed by atoms with van der Waals surface area (Å²) in [4.78, 5) is -0.465. The van der Waals surface area contributed by atoms with Crippen LogP contribution in [-0.4, -0.2) is 28.0 Å². The van der Waals surface area contributed by atoms with Gasteiger partial charge in [-0.05, 0) is 13.8 Å². The van der Waals surface area contributed by atoms with Gasteiger partial charge in [0.1, 0.15) is 10.7 Å². The summed E-state index contributed by atoms with van der Waals surface area (Å²) >= 11 is 0. The Hall–Kier alpha value is -3.03. The average Bonchev–Trinajstić information content (AvgIpc) is 3.20. The Morgan fingerprint density at radius 3 is 2.37 bits per heavy atom. The summed E-state index contributed by atoms with van der Waals surface area (Å²) < 4.78 is 108. The van der Waals surface area contributed by atoms with Crippen molar-refractivity contribution in [2.45, 2.75) is 31.8 Å². The zero-order chi connectivity index (χ0) is 22.4. The van der Waals surface area contributed by atoms with Gasteiger partial charge in [0.05, 0.1) is 29.8 Å². The van der Waals surface area contributed by atoms with Crippen molar-refractivity contribution in [1.82, 2.24) is 19.6 Å². The van der Waals surface area contributed by atoms with Crippen LogP contribution in [0.25, 0.3) is 0 Å². The highest BCUT2D eigenvalue weighted by Crippen LogP contribution is 2.26. The van der Waals surface area contributed by atoms with Crippen molar-refractivity contribution < 1.29 is 34.8 Å². The zero-order valence-electron chi connectivity index (χ0n) is 15.3. The van der Waals surface area contributed by atoms with E-state index >= 15 is 0 Å². The van der Waals surface area contributed by atoms with Crippen LogP contribution in [-0.2, 0) is 16.6 Å². The van der Waals surface area contributed by atoms with Gasteiger partial charge in [0.2, 0.25) is 0 Å². The Bertz CT molecular complexity index is 1220. The van der Waals surface area contributed by atoms with E-state index in [1.54, 1.807) is 0 Å². The smallest absolute Gasteiger partial charge is 0.276 e. The van der Waals surface area contributed by atoms with Gasteiger partial charge in [-0.2, -0.15) is 19.0 Å². The fourth-order valence-electron chi connectivity index (χ4n) is 2.85. The van der Waals surface area contributed by atoms with Crippen molar-refractivity contribution >= 4 is 15.7 Å². The first-order chi connectivity index (χ1) is 13.9. The fraction of sp³-hybridized carbons (Fsp3) is 0.250. The minimum Gasteiger partial charge on any atom is -0.276 e. The number of aromatic nitrogens is 4. The lowest BCUT2D eigenvalue weighted by Crippen LogP contribution is -2.15. The summed E-state index contributed by atoms with van der Waals surface area (Å²) in [6.45, 7) is -1.33. The number of benzene rings is 1. The van der Waals surface area contributed by atoms with E-state index in [1.165, 1.54) is 6.92 Å². The molecule has 0 fully saturated rings. The monoisotopic (exact) mass is 453 g/mol. The highest BCUT2D eigenvalue weighted by molar-refractivity contribution is 7.92. The van der Waals surface area contributed by atoms with E-state index in [2.05, 4.69) is 14.9 Å². The van der Waals surface area contributed by atoms with Crippen LogP contribution in [0.15, 0.2) is 23.4 Å². The molecule has 0 spiro atoms. The molecule has 0 saturated carbocycles. The van der Waals surface area contributed by atoms with Crippen LogP contribution in [0.2, 0.25) is 0 Å². The third kappa shape index (κ3) is 3.86. The van der Waals surface area contributed by atoms with Crippen LogP contribution in [0.5, 0.6) is 0 Å². The molecule has 0 amide bonds. The van der Waals surface area contributed by atoms with Crippen molar-refractivity contribution in [3.05, 3.63) is 58.7 Å². The van der Waals surface area contributed by atoms with Gasteiger partial charge in [0.25, 0.3) is 10.0 Å². The van der Waals surface area contributed by atoms with Crippen LogP contribution < -0.4 is 4.72 Å². The molecule has 0 atom stereocenters. The summed E-state index contributed by atoms with van der Waals surface area (Å²) in [5.74, 6) is -6.65. The Morgan fingerprint density at radius 2 is 1.77 bits per heavy atom. The number of hydrogen-bond donors (Lipinski definition) is 1. The van der Waals surface area contributed by atoms with E-state index in [4.69, 9.17) is 0 Å². The van der Waals surface area contributed by atoms with Crippen molar-refractivity contribution in [2.75, 3.05) is 4.72 Å². The number of aryl methyl sites for hydroxylation is 1. The van der Waals surface area contributed by atoms with Crippen LogP contribution in [0.1, 0.15) is 23.5 Å². The summed E-state index contributed by atoms with van der Waals surface area (Å²) in [5.41, 5.74) is -1.45. The summed E-state index contributed by atoms with van der Waals surface area (Å²) in [5, 5.41) is 7.19. The molecule has 30 heavy (non-hydrogen) atoms. The van der Waals surface area contributed by atoms with E-state index in [-0.39, 0.29) is 27.8 Å². The molecule has 0 bridgehead atoms. The van der Waals surface area contributed by atoms with E-state index in [0.717, 1.165) is 24.0 Å². The molecule has 14 heteroatoms. The predicted molar refractivity (Wildman–Crippen MR) is 91.4 cm³/mol. The van der Waals surface area contributed by atoms with Gasteiger partial charge in [0, 0.05) is 17.8 Å². The third-order valence-corrected chi connectivity index (χ3v) is 5.76. The molecule has 3 rings (SSSR count). The van der Waals surface area contributed by atoms with Gasteiger partial charge in [-0.1, -0.05) is 0 Å². The second kappa shape index (κ2) is 7.66. The molecule has 0 aliphatic heterocycles.